The van der Waals surface area contributed by atoms with Gasteiger partial charge in [-0.15, -0.1) is 0 Å². The third-order valence-electron chi connectivity index (χ3n) is 3.96. The van der Waals surface area contributed by atoms with Crippen LogP contribution in [-0.2, 0) is 0 Å². The summed E-state index contributed by atoms with van der Waals surface area (Å²) in [6.45, 7) is 7.41. The summed E-state index contributed by atoms with van der Waals surface area (Å²) < 4.78 is 0. The minimum absolute atomic E-state index is 0.623. The molecule has 0 spiro atoms. The molecule has 2 rings (SSSR count). The van der Waals surface area contributed by atoms with E-state index < -0.39 is 0 Å². The van der Waals surface area contributed by atoms with Gasteiger partial charge in [0.25, 0.3) is 0 Å². The van der Waals surface area contributed by atoms with Crippen molar-refractivity contribution in [3.05, 3.63) is 0 Å². The third kappa shape index (κ3) is 2.71. The fourth-order valence-corrected chi connectivity index (χ4v) is 2.65. The highest BCUT2D eigenvalue weighted by Crippen LogP contribution is 2.36. The Morgan fingerprint density at radius 2 is 2.00 bits per heavy atom. The standard InChI is InChI=1S/C12H24N2/c1-12(5-2-3-6-12)10-13-7-4-11-8-14-9-11/h11,13-14H,2-10H2,1H3. The summed E-state index contributed by atoms with van der Waals surface area (Å²) in [5.41, 5.74) is 0.623. The highest BCUT2D eigenvalue weighted by molar-refractivity contribution is 4.82. The van der Waals surface area contributed by atoms with Crippen molar-refractivity contribution in [3.63, 3.8) is 0 Å². The molecule has 82 valence electrons. The topological polar surface area (TPSA) is 24.1 Å². The minimum atomic E-state index is 0.623. The number of hydrogen-bond acceptors (Lipinski definition) is 2. The maximum absolute atomic E-state index is 3.64. The molecule has 0 atom stereocenters. The van der Waals surface area contributed by atoms with Gasteiger partial charge in [0.1, 0.15) is 0 Å². The second-order valence-electron chi connectivity index (χ2n) is 5.51. The molecule has 0 bridgehead atoms. The zero-order valence-corrected chi connectivity index (χ0v) is 9.44. The zero-order valence-electron chi connectivity index (χ0n) is 9.44. The maximum atomic E-state index is 3.64. The molecule has 1 aliphatic carbocycles. The Bertz CT molecular complexity index is 169. The van der Waals surface area contributed by atoms with Crippen molar-refractivity contribution < 1.29 is 0 Å². The molecule has 0 radical (unpaired) electrons. The average Bonchev–Trinajstić information content (AvgIpc) is 2.49. The van der Waals surface area contributed by atoms with Crippen LogP contribution in [0.4, 0.5) is 0 Å². The number of hydrogen-bond donors (Lipinski definition) is 2. The molecule has 14 heavy (non-hydrogen) atoms. The van der Waals surface area contributed by atoms with Gasteiger partial charge in [0.15, 0.2) is 0 Å². The maximum Gasteiger partial charge on any atom is 0.000516 e. The van der Waals surface area contributed by atoms with Crippen molar-refractivity contribution in [1.82, 2.24) is 10.6 Å². The van der Waals surface area contributed by atoms with Crippen LogP contribution < -0.4 is 10.6 Å². The van der Waals surface area contributed by atoms with E-state index in [1.165, 1.54) is 58.3 Å². The Balaban J connectivity index is 1.53. The van der Waals surface area contributed by atoms with Crippen LogP contribution in [0, 0.1) is 11.3 Å². The van der Waals surface area contributed by atoms with E-state index in [2.05, 4.69) is 17.6 Å². The van der Waals surface area contributed by atoms with E-state index in [1.807, 2.05) is 0 Å². The largest absolute Gasteiger partial charge is 0.316 e. The Morgan fingerprint density at radius 1 is 1.29 bits per heavy atom. The summed E-state index contributed by atoms with van der Waals surface area (Å²) >= 11 is 0. The summed E-state index contributed by atoms with van der Waals surface area (Å²) in [6, 6.07) is 0. The van der Waals surface area contributed by atoms with Gasteiger partial charge in [-0.2, -0.15) is 0 Å². The predicted molar refractivity (Wildman–Crippen MR) is 60.4 cm³/mol. The zero-order chi connectivity index (χ0) is 9.86. The van der Waals surface area contributed by atoms with Crippen molar-refractivity contribution in [2.45, 2.75) is 39.0 Å². The molecule has 2 aliphatic rings. The van der Waals surface area contributed by atoms with Crippen LogP contribution in [-0.4, -0.2) is 26.2 Å². The molecule has 0 aromatic carbocycles. The Labute approximate surface area is 87.8 Å². The Morgan fingerprint density at radius 3 is 2.57 bits per heavy atom. The van der Waals surface area contributed by atoms with E-state index in [0.717, 1.165) is 5.92 Å². The highest BCUT2D eigenvalue weighted by Gasteiger charge is 2.27. The van der Waals surface area contributed by atoms with E-state index in [4.69, 9.17) is 0 Å². The van der Waals surface area contributed by atoms with Crippen molar-refractivity contribution in [3.8, 4) is 0 Å². The van der Waals surface area contributed by atoms with Gasteiger partial charge in [0.05, 0.1) is 0 Å². The first kappa shape index (κ1) is 10.4. The fraction of sp³-hybridized carbons (Fsp3) is 1.00. The second kappa shape index (κ2) is 4.63. The van der Waals surface area contributed by atoms with Gasteiger partial charge in [-0.1, -0.05) is 19.8 Å². The first-order valence-electron chi connectivity index (χ1n) is 6.20. The van der Waals surface area contributed by atoms with Crippen LogP contribution in [0.2, 0.25) is 0 Å². The molecule has 1 saturated carbocycles. The smallest absolute Gasteiger partial charge is 0.000516 e. The molecule has 0 aromatic rings. The van der Waals surface area contributed by atoms with Gasteiger partial charge in [0.2, 0.25) is 0 Å². The van der Waals surface area contributed by atoms with Gasteiger partial charge in [0, 0.05) is 6.54 Å². The second-order valence-corrected chi connectivity index (χ2v) is 5.51. The van der Waals surface area contributed by atoms with Crippen LogP contribution in [0.15, 0.2) is 0 Å². The molecule has 2 nitrogen and oxygen atoms in total. The number of rotatable bonds is 5. The molecule has 1 aliphatic heterocycles. The van der Waals surface area contributed by atoms with Crippen molar-refractivity contribution in [2.24, 2.45) is 11.3 Å². The molecule has 2 heteroatoms. The Kier molecular flexibility index (Phi) is 3.45. The van der Waals surface area contributed by atoms with E-state index in [1.54, 1.807) is 0 Å². The van der Waals surface area contributed by atoms with Crippen LogP contribution in [0.5, 0.6) is 0 Å². The predicted octanol–water partition coefficient (Wildman–Crippen LogP) is 1.77. The van der Waals surface area contributed by atoms with Crippen LogP contribution in [0.1, 0.15) is 39.0 Å². The summed E-state index contributed by atoms with van der Waals surface area (Å²) in [4.78, 5) is 0. The van der Waals surface area contributed by atoms with Crippen molar-refractivity contribution >= 4 is 0 Å². The van der Waals surface area contributed by atoms with Gasteiger partial charge in [-0.3, -0.25) is 0 Å². The molecule has 2 N–H and O–H groups in total. The lowest BCUT2D eigenvalue weighted by Crippen LogP contribution is -2.43. The van der Waals surface area contributed by atoms with E-state index in [9.17, 15) is 0 Å². The summed E-state index contributed by atoms with van der Waals surface area (Å²) in [5.74, 6) is 0.957. The van der Waals surface area contributed by atoms with E-state index in [0.29, 0.717) is 5.41 Å². The van der Waals surface area contributed by atoms with Crippen LogP contribution in [0.3, 0.4) is 0 Å². The van der Waals surface area contributed by atoms with Gasteiger partial charge >= 0.3 is 0 Å². The minimum Gasteiger partial charge on any atom is -0.316 e. The number of nitrogens with one attached hydrogen (secondary N) is 2. The average molecular weight is 196 g/mol. The quantitative estimate of drug-likeness (QED) is 0.655. The molecule has 2 fully saturated rings. The van der Waals surface area contributed by atoms with E-state index >= 15 is 0 Å². The molecule has 0 unspecified atom stereocenters. The monoisotopic (exact) mass is 196 g/mol. The van der Waals surface area contributed by atoms with Gasteiger partial charge in [-0.25, -0.2) is 0 Å². The molecular weight excluding hydrogens is 172 g/mol. The molecular formula is C12H24N2. The van der Waals surface area contributed by atoms with Crippen molar-refractivity contribution in [1.29, 1.82) is 0 Å². The summed E-state index contributed by atoms with van der Waals surface area (Å²) in [7, 11) is 0. The summed E-state index contributed by atoms with van der Waals surface area (Å²) in [5, 5.41) is 6.96. The van der Waals surface area contributed by atoms with Gasteiger partial charge < -0.3 is 10.6 Å². The molecule has 1 saturated heterocycles. The lowest BCUT2D eigenvalue weighted by Gasteiger charge is -2.28. The Hall–Kier alpha value is -0.0800. The third-order valence-corrected chi connectivity index (χ3v) is 3.96. The van der Waals surface area contributed by atoms with Crippen molar-refractivity contribution in [2.75, 3.05) is 26.2 Å². The molecule has 0 amide bonds. The first-order valence-corrected chi connectivity index (χ1v) is 6.20. The van der Waals surface area contributed by atoms with Crippen LogP contribution >= 0.6 is 0 Å². The SMILES string of the molecule is CC1(CNCCC2CNC2)CCCC1. The lowest BCUT2D eigenvalue weighted by atomic mass is 9.89. The van der Waals surface area contributed by atoms with Crippen LogP contribution in [0.25, 0.3) is 0 Å². The molecule has 0 aromatic heterocycles. The first-order chi connectivity index (χ1) is 6.79. The summed E-state index contributed by atoms with van der Waals surface area (Å²) in [6.07, 6.45) is 7.13. The molecule has 1 heterocycles. The van der Waals surface area contributed by atoms with E-state index in [-0.39, 0.29) is 0 Å². The fourth-order valence-electron chi connectivity index (χ4n) is 2.65. The lowest BCUT2D eigenvalue weighted by molar-refractivity contribution is 0.288. The normalized spacial score (nSPS) is 26.4. The highest BCUT2D eigenvalue weighted by atomic mass is 15.0. The van der Waals surface area contributed by atoms with Gasteiger partial charge in [-0.05, 0) is 50.2 Å².